The highest BCUT2D eigenvalue weighted by Gasteiger charge is 2.35. The van der Waals surface area contributed by atoms with Crippen LogP contribution in [0.2, 0.25) is 0 Å². The van der Waals surface area contributed by atoms with Gasteiger partial charge in [-0.05, 0) is 6.07 Å². The largest absolute Gasteiger partial charge is 0.496 e. The summed E-state index contributed by atoms with van der Waals surface area (Å²) in [6.07, 6.45) is -4.46. The van der Waals surface area contributed by atoms with Crippen molar-refractivity contribution < 1.29 is 17.9 Å². The number of hydrogen-bond acceptors (Lipinski definition) is 5. The van der Waals surface area contributed by atoms with Gasteiger partial charge >= 0.3 is 6.18 Å². The van der Waals surface area contributed by atoms with E-state index in [4.69, 9.17) is 4.74 Å². The maximum Gasteiger partial charge on any atom is 0.445 e. The molecule has 8 heteroatoms. The number of anilines is 1. The maximum atomic E-state index is 12.3. The molecule has 0 bridgehead atoms. The maximum absolute atomic E-state index is 12.3. The summed E-state index contributed by atoms with van der Waals surface area (Å²) in [7, 11) is 1.53. The van der Waals surface area contributed by atoms with Crippen molar-refractivity contribution in [2.75, 3.05) is 12.4 Å². The Morgan fingerprint density at radius 3 is 2.63 bits per heavy atom. The van der Waals surface area contributed by atoms with Crippen LogP contribution >= 0.6 is 11.3 Å². The summed E-state index contributed by atoms with van der Waals surface area (Å²) >= 11 is 0.473. The minimum atomic E-state index is -4.46. The summed E-state index contributed by atoms with van der Waals surface area (Å²) in [6.45, 7) is 0.316. The van der Waals surface area contributed by atoms with Crippen molar-refractivity contribution in [1.29, 1.82) is 0 Å². The van der Waals surface area contributed by atoms with Gasteiger partial charge in [0.1, 0.15) is 5.75 Å². The normalized spacial score (nSPS) is 11.4. The third kappa shape index (κ3) is 3.34. The Hall–Kier alpha value is -1.83. The Morgan fingerprint density at radius 2 is 2.00 bits per heavy atom. The monoisotopic (exact) mass is 289 g/mol. The number of para-hydroxylation sites is 1. The lowest BCUT2D eigenvalue weighted by Crippen LogP contribution is -2.03. The van der Waals surface area contributed by atoms with Crippen molar-refractivity contribution in [1.82, 2.24) is 10.2 Å². The van der Waals surface area contributed by atoms with Crippen molar-refractivity contribution in [3.8, 4) is 5.75 Å². The average molecular weight is 289 g/mol. The number of methoxy groups -OCH3 is 1. The van der Waals surface area contributed by atoms with Gasteiger partial charge in [-0.1, -0.05) is 29.5 Å². The quantitative estimate of drug-likeness (QED) is 0.939. The van der Waals surface area contributed by atoms with Gasteiger partial charge in [0.15, 0.2) is 0 Å². The molecule has 2 rings (SSSR count). The molecule has 0 aliphatic carbocycles. The van der Waals surface area contributed by atoms with Crippen molar-refractivity contribution in [3.63, 3.8) is 0 Å². The number of ether oxygens (including phenoxy) is 1. The molecule has 19 heavy (non-hydrogen) atoms. The van der Waals surface area contributed by atoms with Crippen LogP contribution in [-0.2, 0) is 12.7 Å². The molecule has 0 spiro atoms. The van der Waals surface area contributed by atoms with Crippen LogP contribution in [0, 0.1) is 0 Å². The van der Waals surface area contributed by atoms with Gasteiger partial charge in [-0.3, -0.25) is 0 Å². The topological polar surface area (TPSA) is 47.0 Å². The van der Waals surface area contributed by atoms with Gasteiger partial charge in [0.05, 0.1) is 7.11 Å². The van der Waals surface area contributed by atoms with E-state index in [0.717, 1.165) is 5.56 Å². The molecule has 0 saturated heterocycles. The van der Waals surface area contributed by atoms with E-state index in [9.17, 15) is 13.2 Å². The van der Waals surface area contributed by atoms with E-state index in [1.807, 2.05) is 18.2 Å². The number of rotatable bonds is 4. The Morgan fingerprint density at radius 1 is 1.26 bits per heavy atom. The summed E-state index contributed by atoms with van der Waals surface area (Å²) in [4.78, 5) is 0. The predicted octanol–water partition coefficient (Wildman–Crippen LogP) is 3.18. The third-order valence-electron chi connectivity index (χ3n) is 2.29. The zero-order valence-electron chi connectivity index (χ0n) is 9.86. The highest BCUT2D eigenvalue weighted by atomic mass is 32.1. The van der Waals surface area contributed by atoms with Crippen molar-refractivity contribution >= 4 is 16.5 Å². The van der Waals surface area contributed by atoms with E-state index in [1.165, 1.54) is 7.11 Å². The first-order valence-corrected chi connectivity index (χ1v) is 6.09. The average Bonchev–Trinajstić information content (AvgIpc) is 2.85. The second-order valence-electron chi connectivity index (χ2n) is 3.58. The lowest BCUT2D eigenvalue weighted by atomic mass is 10.2. The molecule has 0 unspecified atom stereocenters. The zero-order valence-corrected chi connectivity index (χ0v) is 10.7. The summed E-state index contributed by atoms with van der Waals surface area (Å²) in [6, 6.07) is 7.23. The molecule has 102 valence electrons. The van der Waals surface area contributed by atoms with Crippen LogP contribution in [0.15, 0.2) is 24.3 Å². The Balaban J connectivity index is 2.05. The predicted molar refractivity (Wildman–Crippen MR) is 65.2 cm³/mol. The van der Waals surface area contributed by atoms with Crippen molar-refractivity contribution in [2.24, 2.45) is 0 Å². The molecule has 1 heterocycles. The molecule has 0 fully saturated rings. The molecule has 1 aromatic carbocycles. The van der Waals surface area contributed by atoms with Crippen LogP contribution in [0.5, 0.6) is 5.75 Å². The fourth-order valence-corrected chi connectivity index (χ4v) is 2.04. The van der Waals surface area contributed by atoms with Gasteiger partial charge < -0.3 is 10.1 Å². The van der Waals surface area contributed by atoms with Crippen LogP contribution in [0.3, 0.4) is 0 Å². The van der Waals surface area contributed by atoms with E-state index in [0.29, 0.717) is 23.6 Å². The smallest absolute Gasteiger partial charge is 0.445 e. The first-order valence-electron chi connectivity index (χ1n) is 5.27. The summed E-state index contributed by atoms with van der Waals surface area (Å²) in [5.41, 5.74) is 0.828. The second kappa shape index (κ2) is 5.43. The molecular weight excluding hydrogens is 279 g/mol. The van der Waals surface area contributed by atoms with Crippen LogP contribution in [0.25, 0.3) is 0 Å². The van der Waals surface area contributed by atoms with Gasteiger partial charge in [0.25, 0.3) is 0 Å². The Labute approximate surface area is 111 Å². The van der Waals surface area contributed by atoms with Crippen LogP contribution in [-0.4, -0.2) is 17.3 Å². The van der Waals surface area contributed by atoms with Gasteiger partial charge in [0, 0.05) is 12.1 Å². The van der Waals surface area contributed by atoms with Gasteiger partial charge in [-0.2, -0.15) is 13.2 Å². The molecule has 0 atom stereocenters. The number of nitrogens with one attached hydrogen (secondary N) is 1. The highest BCUT2D eigenvalue weighted by Crippen LogP contribution is 2.33. The lowest BCUT2D eigenvalue weighted by Gasteiger charge is -2.07. The minimum absolute atomic E-state index is 0.123. The standard InChI is InChI=1S/C11H10F3N3OS/c1-18-8-5-3-2-4-7(8)6-15-10-17-16-9(19-10)11(12,13)14/h2-5H,6H2,1H3,(H,15,17). The Kier molecular flexibility index (Phi) is 3.89. The van der Waals surface area contributed by atoms with Gasteiger partial charge in [-0.15, -0.1) is 10.2 Å². The van der Waals surface area contributed by atoms with E-state index < -0.39 is 11.2 Å². The van der Waals surface area contributed by atoms with Gasteiger partial charge in [-0.25, -0.2) is 0 Å². The number of aromatic nitrogens is 2. The number of benzene rings is 1. The molecular formula is C11H10F3N3OS. The molecule has 4 nitrogen and oxygen atoms in total. The SMILES string of the molecule is COc1ccccc1CNc1nnc(C(F)(F)F)s1. The number of halogens is 3. The van der Waals surface area contributed by atoms with E-state index in [-0.39, 0.29) is 5.13 Å². The van der Waals surface area contributed by atoms with E-state index >= 15 is 0 Å². The van der Waals surface area contributed by atoms with E-state index in [2.05, 4.69) is 15.5 Å². The second-order valence-corrected chi connectivity index (χ2v) is 4.55. The highest BCUT2D eigenvalue weighted by molar-refractivity contribution is 7.15. The van der Waals surface area contributed by atoms with Gasteiger partial charge in [0.2, 0.25) is 10.1 Å². The first-order chi connectivity index (χ1) is 9.00. The van der Waals surface area contributed by atoms with Crippen molar-refractivity contribution in [2.45, 2.75) is 12.7 Å². The van der Waals surface area contributed by atoms with Crippen LogP contribution in [0.1, 0.15) is 10.6 Å². The number of nitrogens with zero attached hydrogens (tertiary/aromatic N) is 2. The van der Waals surface area contributed by atoms with Crippen molar-refractivity contribution in [3.05, 3.63) is 34.8 Å². The molecule has 0 saturated carbocycles. The Bertz CT molecular complexity index is 556. The molecule has 0 radical (unpaired) electrons. The molecule has 2 aromatic rings. The fourth-order valence-electron chi connectivity index (χ4n) is 1.43. The summed E-state index contributed by atoms with van der Waals surface area (Å²) in [5.74, 6) is 0.663. The van der Waals surface area contributed by atoms with Crippen LogP contribution in [0.4, 0.5) is 18.3 Å². The molecule has 0 aliphatic rings. The summed E-state index contributed by atoms with van der Waals surface area (Å²) in [5, 5.41) is 8.50. The number of hydrogen-bond donors (Lipinski definition) is 1. The van der Waals surface area contributed by atoms with E-state index in [1.54, 1.807) is 6.07 Å². The molecule has 1 N–H and O–H groups in total. The molecule has 0 aliphatic heterocycles. The first kappa shape index (κ1) is 13.6. The summed E-state index contributed by atoms with van der Waals surface area (Å²) < 4.78 is 42.2. The minimum Gasteiger partial charge on any atom is -0.496 e. The molecule has 0 amide bonds. The number of alkyl halides is 3. The third-order valence-corrected chi connectivity index (χ3v) is 3.22. The van der Waals surface area contributed by atoms with Crippen LogP contribution < -0.4 is 10.1 Å². The zero-order chi connectivity index (χ0) is 13.9. The fraction of sp³-hybridized carbons (Fsp3) is 0.273. The molecule has 1 aromatic heterocycles. The lowest BCUT2D eigenvalue weighted by molar-refractivity contribution is -0.138.